The predicted octanol–water partition coefficient (Wildman–Crippen LogP) is 3.95. The Morgan fingerprint density at radius 2 is 1.83 bits per heavy atom. The Morgan fingerprint density at radius 3 is 2.53 bits per heavy atom. The number of ether oxygens (including phenoxy) is 1. The first kappa shape index (κ1) is 19.0. The molecule has 2 aromatic heterocycles. The zero-order valence-electron chi connectivity index (χ0n) is 15.7. The van der Waals surface area contributed by atoms with Crippen LogP contribution < -0.4 is 0 Å². The number of non-ortho nitro benzene ring substituents is 1. The number of carbonyl (C=O) groups excluding carboxylic acids is 1. The largest absolute Gasteiger partial charge is 0.448 e. The van der Waals surface area contributed by atoms with Crippen molar-refractivity contribution in [3.8, 4) is 22.7 Å². The highest BCUT2D eigenvalue weighted by Gasteiger charge is 2.21. The molecule has 0 saturated carbocycles. The molecule has 2 aromatic carbocycles. The summed E-state index contributed by atoms with van der Waals surface area (Å²) in [7, 11) is 0. The van der Waals surface area contributed by atoms with Crippen LogP contribution in [0, 0.1) is 10.1 Å². The van der Waals surface area contributed by atoms with Crippen molar-refractivity contribution >= 4 is 11.7 Å². The Hall–Kier alpha value is -4.34. The molecule has 0 radical (unpaired) electrons. The van der Waals surface area contributed by atoms with Gasteiger partial charge in [-0.05, 0) is 25.1 Å². The molecule has 0 aliphatic heterocycles. The number of H-pyrrole nitrogens is 1. The van der Waals surface area contributed by atoms with E-state index in [-0.39, 0.29) is 23.2 Å². The van der Waals surface area contributed by atoms with E-state index in [9.17, 15) is 14.9 Å². The Kier molecular flexibility index (Phi) is 5.04. The minimum Gasteiger partial charge on any atom is -0.448 e. The summed E-state index contributed by atoms with van der Waals surface area (Å²) >= 11 is 0. The van der Waals surface area contributed by atoms with E-state index in [0.717, 1.165) is 5.56 Å². The highest BCUT2D eigenvalue weighted by Crippen LogP contribution is 2.25. The van der Waals surface area contributed by atoms with Crippen LogP contribution >= 0.6 is 0 Å². The number of nitrogens with zero attached hydrogens (tertiary/aromatic N) is 4. The van der Waals surface area contributed by atoms with Crippen molar-refractivity contribution in [2.75, 3.05) is 0 Å². The van der Waals surface area contributed by atoms with Gasteiger partial charge in [-0.25, -0.2) is 4.79 Å². The Bertz CT molecular complexity index is 1180. The predicted molar refractivity (Wildman–Crippen MR) is 104 cm³/mol. The fourth-order valence-electron chi connectivity index (χ4n) is 2.70. The van der Waals surface area contributed by atoms with E-state index in [2.05, 4.69) is 20.4 Å². The molecule has 0 saturated heterocycles. The molecule has 150 valence electrons. The zero-order valence-corrected chi connectivity index (χ0v) is 15.7. The molecule has 1 N–H and O–H groups in total. The third-order valence-electron chi connectivity index (χ3n) is 4.26. The smallest absolute Gasteiger partial charge is 0.357 e. The molecule has 4 rings (SSSR count). The van der Waals surface area contributed by atoms with Gasteiger partial charge in [-0.15, -0.1) is 10.2 Å². The summed E-state index contributed by atoms with van der Waals surface area (Å²) < 4.78 is 10.9. The van der Waals surface area contributed by atoms with Crippen LogP contribution in [0.2, 0.25) is 0 Å². The molecule has 0 bridgehead atoms. The van der Waals surface area contributed by atoms with Crippen molar-refractivity contribution in [2.45, 2.75) is 13.0 Å². The topological polar surface area (TPSA) is 137 Å². The lowest BCUT2D eigenvalue weighted by molar-refractivity contribution is -0.384. The van der Waals surface area contributed by atoms with Crippen molar-refractivity contribution in [1.82, 2.24) is 20.4 Å². The third kappa shape index (κ3) is 3.92. The molecule has 0 amide bonds. The molecule has 0 aliphatic rings. The van der Waals surface area contributed by atoms with E-state index in [1.165, 1.54) is 24.3 Å². The van der Waals surface area contributed by atoms with Gasteiger partial charge in [0.2, 0.25) is 5.89 Å². The highest BCUT2D eigenvalue weighted by molar-refractivity contribution is 5.88. The number of rotatable bonds is 6. The fourth-order valence-corrected chi connectivity index (χ4v) is 2.70. The van der Waals surface area contributed by atoms with Crippen LogP contribution in [0.25, 0.3) is 22.7 Å². The molecule has 30 heavy (non-hydrogen) atoms. The van der Waals surface area contributed by atoms with Crippen molar-refractivity contribution < 1.29 is 18.9 Å². The number of aromatic amines is 1. The number of esters is 1. The summed E-state index contributed by atoms with van der Waals surface area (Å²) in [4.78, 5) is 22.6. The van der Waals surface area contributed by atoms with Gasteiger partial charge in [-0.1, -0.05) is 30.3 Å². The van der Waals surface area contributed by atoms with Crippen molar-refractivity contribution in [3.05, 3.63) is 82.4 Å². The second kappa shape index (κ2) is 7.95. The minimum atomic E-state index is -0.805. The zero-order chi connectivity index (χ0) is 21.1. The average Bonchev–Trinajstić information content (AvgIpc) is 3.45. The van der Waals surface area contributed by atoms with Crippen LogP contribution in [0.4, 0.5) is 5.69 Å². The number of nitrogens with one attached hydrogen (secondary N) is 1. The van der Waals surface area contributed by atoms with E-state index >= 15 is 0 Å². The molecule has 0 unspecified atom stereocenters. The van der Waals surface area contributed by atoms with Gasteiger partial charge in [0.1, 0.15) is 5.69 Å². The monoisotopic (exact) mass is 405 g/mol. The van der Waals surface area contributed by atoms with Crippen LogP contribution in [0.1, 0.15) is 29.4 Å². The fraction of sp³-hybridized carbons (Fsp3) is 0.100. The number of hydrogen-bond acceptors (Lipinski definition) is 8. The molecule has 2 heterocycles. The van der Waals surface area contributed by atoms with Gasteiger partial charge in [-0.3, -0.25) is 15.2 Å². The Morgan fingerprint density at radius 1 is 1.10 bits per heavy atom. The van der Waals surface area contributed by atoms with E-state index in [4.69, 9.17) is 9.15 Å². The molecule has 10 nitrogen and oxygen atoms in total. The molecular formula is C20H15N5O5. The third-order valence-corrected chi connectivity index (χ3v) is 4.26. The summed E-state index contributed by atoms with van der Waals surface area (Å²) in [5.74, 6) is -0.359. The SMILES string of the molecule is C[C@H](OC(=O)c1cc(-c2ccccc2)n[nH]1)c1nnc(-c2ccc([N+](=O)[O-])cc2)o1. The Labute approximate surface area is 169 Å². The second-order valence-electron chi connectivity index (χ2n) is 6.33. The van der Waals surface area contributed by atoms with Gasteiger partial charge < -0.3 is 9.15 Å². The van der Waals surface area contributed by atoms with Crippen LogP contribution in [-0.4, -0.2) is 31.3 Å². The molecular weight excluding hydrogens is 390 g/mol. The number of nitro benzene ring substituents is 1. The van der Waals surface area contributed by atoms with E-state index in [0.29, 0.717) is 11.3 Å². The number of aromatic nitrogens is 4. The maximum Gasteiger partial charge on any atom is 0.357 e. The van der Waals surface area contributed by atoms with Gasteiger partial charge in [0.15, 0.2) is 6.10 Å². The van der Waals surface area contributed by atoms with Gasteiger partial charge >= 0.3 is 5.97 Å². The van der Waals surface area contributed by atoms with Crippen molar-refractivity contribution in [1.29, 1.82) is 0 Å². The summed E-state index contributed by atoms with van der Waals surface area (Å²) in [6.07, 6.45) is -0.805. The standard InChI is InChI=1S/C20H15N5O5/c1-12(18-23-24-19(30-18)14-7-9-15(10-8-14)25(27)28)29-20(26)17-11-16(21-22-17)13-5-3-2-4-6-13/h2-12H,1H3,(H,21,22)/t12-/m0/s1. The molecule has 1 atom stereocenters. The van der Waals surface area contributed by atoms with E-state index in [1.807, 2.05) is 30.3 Å². The molecule has 0 fully saturated rings. The quantitative estimate of drug-likeness (QED) is 0.289. The Balaban J connectivity index is 1.44. The summed E-state index contributed by atoms with van der Waals surface area (Å²) in [5, 5.41) is 25.3. The van der Waals surface area contributed by atoms with Gasteiger partial charge in [0, 0.05) is 23.3 Å². The van der Waals surface area contributed by atoms with Gasteiger partial charge in [-0.2, -0.15) is 5.10 Å². The second-order valence-corrected chi connectivity index (χ2v) is 6.33. The average molecular weight is 405 g/mol. The van der Waals surface area contributed by atoms with Gasteiger partial charge in [0.05, 0.1) is 10.6 Å². The van der Waals surface area contributed by atoms with Crippen LogP contribution in [-0.2, 0) is 4.74 Å². The molecule has 0 aliphatic carbocycles. The summed E-state index contributed by atoms with van der Waals surface area (Å²) in [6, 6.07) is 16.7. The first-order valence-corrected chi connectivity index (χ1v) is 8.91. The number of carbonyl (C=O) groups is 1. The highest BCUT2D eigenvalue weighted by atomic mass is 16.6. The van der Waals surface area contributed by atoms with Crippen LogP contribution in [0.3, 0.4) is 0 Å². The van der Waals surface area contributed by atoms with Crippen molar-refractivity contribution in [3.63, 3.8) is 0 Å². The summed E-state index contributed by atoms with van der Waals surface area (Å²) in [5.41, 5.74) is 2.14. The van der Waals surface area contributed by atoms with Gasteiger partial charge in [0.25, 0.3) is 11.6 Å². The summed E-state index contributed by atoms with van der Waals surface area (Å²) in [6.45, 7) is 1.60. The van der Waals surface area contributed by atoms with E-state index < -0.39 is 17.0 Å². The van der Waals surface area contributed by atoms with Crippen molar-refractivity contribution in [2.24, 2.45) is 0 Å². The first-order chi connectivity index (χ1) is 14.5. The molecule has 0 spiro atoms. The first-order valence-electron chi connectivity index (χ1n) is 8.91. The van der Waals surface area contributed by atoms with Crippen LogP contribution in [0.15, 0.2) is 65.1 Å². The molecule has 10 heteroatoms. The maximum absolute atomic E-state index is 12.4. The number of nitro groups is 1. The van der Waals surface area contributed by atoms with Crippen LogP contribution in [0.5, 0.6) is 0 Å². The lowest BCUT2D eigenvalue weighted by atomic mass is 10.1. The normalized spacial score (nSPS) is 11.8. The molecule has 4 aromatic rings. The number of hydrogen-bond donors (Lipinski definition) is 1. The number of benzene rings is 2. The van der Waals surface area contributed by atoms with E-state index in [1.54, 1.807) is 13.0 Å². The maximum atomic E-state index is 12.4. The lowest BCUT2D eigenvalue weighted by Gasteiger charge is -2.07. The lowest BCUT2D eigenvalue weighted by Crippen LogP contribution is -2.10. The minimum absolute atomic E-state index is 0.0461.